The SMILES string of the molecule is C1CCC2CC(NC3CCOC3C3CC3)CCC2C1. The van der Waals surface area contributed by atoms with E-state index in [1.165, 1.54) is 64.2 Å². The van der Waals surface area contributed by atoms with Crippen LogP contribution in [-0.2, 0) is 4.74 Å². The number of hydrogen-bond donors (Lipinski definition) is 1. The monoisotopic (exact) mass is 263 g/mol. The van der Waals surface area contributed by atoms with E-state index >= 15 is 0 Å². The van der Waals surface area contributed by atoms with Gasteiger partial charge in [0.2, 0.25) is 0 Å². The van der Waals surface area contributed by atoms with Crippen molar-refractivity contribution in [3.8, 4) is 0 Å². The Labute approximate surface area is 117 Å². The molecule has 4 fully saturated rings. The molecule has 2 heteroatoms. The lowest BCUT2D eigenvalue weighted by atomic mass is 9.69. The molecule has 5 unspecified atom stereocenters. The minimum Gasteiger partial charge on any atom is -0.376 e. The van der Waals surface area contributed by atoms with E-state index in [0.717, 1.165) is 30.4 Å². The third kappa shape index (κ3) is 2.71. The second kappa shape index (κ2) is 5.37. The maximum Gasteiger partial charge on any atom is 0.0757 e. The summed E-state index contributed by atoms with van der Waals surface area (Å²) in [5.41, 5.74) is 0. The summed E-state index contributed by atoms with van der Waals surface area (Å²) in [6, 6.07) is 1.48. The minimum atomic E-state index is 0.559. The number of hydrogen-bond acceptors (Lipinski definition) is 2. The topological polar surface area (TPSA) is 21.3 Å². The van der Waals surface area contributed by atoms with Crippen LogP contribution < -0.4 is 5.32 Å². The fourth-order valence-electron chi connectivity index (χ4n) is 5.01. The van der Waals surface area contributed by atoms with E-state index < -0.39 is 0 Å². The van der Waals surface area contributed by atoms with Crippen molar-refractivity contribution in [2.24, 2.45) is 17.8 Å². The third-order valence-electron chi connectivity index (χ3n) is 6.21. The minimum absolute atomic E-state index is 0.559. The van der Waals surface area contributed by atoms with E-state index in [1.54, 1.807) is 0 Å². The van der Waals surface area contributed by atoms with E-state index in [9.17, 15) is 0 Å². The second-order valence-electron chi connectivity index (χ2n) is 7.55. The molecule has 0 aromatic carbocycles. The molecule has 1 N–H and O–H groups in total. The van der Waals surface area contributed by atoms with Crippen LogP contribution in [0.2, 0.25) is 0 Å². The van der Waals surface area contributed by atoms with Gasteiger partial charge in [-0.3, -0.25) is 0 Å². The molecule has 1 heterocycles. The second-order valence-corrected chi connectivity index (χ2v) is 7.55. The first-order valence-corrected chi connectivity index (χ1v) is 8.78. The molecule has 4 aliphatic rings. The van der Waals surface area contributed by atoms with Gasteiger partial charge in [0.1, 0.15) is 0 Å². The fourth-order valence-corrected chi connectivity index (χ4v) is 5.01. The molecule has 1 saturated heterocycles. The average molecular weight is 263 g/mol. The van der Waals surface area contributed by atoms with Crippen molar-refractivity contribution in [3.05, 3.63) is 0 Å². The Kier molecular flexibility index (Phi) is 3.57. The maximum absolute atomic E-state index is 5.98. The van der Waals surface area contributed by atoms with Crippen molar-refractivity contribution in [3.63, 3.8) is 0 Å². The standard InChI is InChI=1S/C17H29NO/c1-2-4-14-11-15(8-7-12(14)3-1)18-16-9-10-19-17(16)13-5-6-13/h12-18H,1-11H2. The van der Waals surface area contributed by atoms with Gasteiger partial charge in [0.05, 0.1) is 6.10 Å². The van der Waals surface area contributed by atoms with E-state index in [1.807, 2.05) is 0 Å². The summed E-state index contributed by atoms with van der Waals surface area (Å²) < 4.78 is 5.98. The average Bonchev–Trinajstić information content (AvgIpc) is 3.19. The van der Waals surface area contributed by atoms with Gasteiger partial charge in [-0.25, -0.2) is 0 Å². The molecule has 0 radical (unpaired) electrons. The lowest BCUT2D eigenvalue weighted by Crippen LogP contribution is -2.47. The van der Waals surface area contributed by atoms with Crippen molar-refractivity contribution in [1.29, 1.82) is 0 Å². The van der Waals surface area contributed by atoms with Gasteiger partial charge in [-0.2, -0.15) is 0 Å². The van der Waals surface area contributed by atoms with Gasteiger partial charge in [0, 0.05) is 18.7 Å². The van der Waals surface area contributed by atoms with Crippen LogP contribution >= 0.6 is 0 Å². The van der Waals surface area contributed by atoms with Crippen molar-refractivity contribution >= 4 is 0 Å². The molecule has 3 saturated carbocycles. The first-order valence-electron chi connectivity index (χ1n) is 8.78. The summed E-state index contributed by atoms with van der Waals surface area (Å²) in [5, 5.41) is 4.00. The Morgan fingerprint density at radius 2 is 1.53 bits per heavy atom. The number of fused-ring (bicyclic) bond motifs is 1. The molecule has 3 aliphatic carbocycles. The molecule has 0 bridgehead atoms. The maximum atomic E-state index is 5.98. The molecule has 4 rings (SSSR count). The van der Waals surface area contributed by atoms with E-state index in [2.05, 4.69) is 5.32 Å². The van der Waals surface area contributed by atoms with Gasteiger partial charge in [-0.05, 0) is 56.3 Å². The van der Waals surface area contributed by atoms with Crippen LogP contribution in [0.15, 0.2) is 0 Å². The Balaban J connectivity index is 1.32. The normalized spacial score (nSPS) is 47.1. The summed E-state index contributed by atoms with van der Waals surface area (Å²) >= 11 is 0. The van der Waals surface area contributed by atoms with Gasteiger partial charge in [0.15, 0.2) is 0 Å². The smallest absolute Gasteiger partial charge is 0.0757 e. The van der Waals surface area contributed by atoms with Crippen molar-refractivity contribution in [2.75, 3.05) is 6.61 Å². The van der Waals surface area contributed by atoms with Gasteiger partial charge in [-0.15, -0.1) is 0 Å². The van der Waals surface area contributed by atoms with Crippen LogP contribution in [-0.4, -0.2) is 24.8 Å². The fraction of sp³-hybridized carbons (Fsp3) is 1.00. The molecule has 5 atom stereocenters. The Hall–Kier alpha value is -0.0800. The largest absolute Gasteiger partial charge is 0.376 e. The lowest BCUT2D eigenvalue weighted by molar-refractivity contribution is 0.0719. The predicted octanol–water partition coefficient (Wildman–Crippen LogP) is 3.50. The molecule has 0 amide bonds. The Morgan fingerprint density at radius 1 is 0.737 bits per heavy atom. The molecular formula is C17H29NO. The van der Waals surface area contributed by atoms with Crippen LogP contribution in [0.5, 0.6) is 0 Å². The Bertz CT molecular complexity index is 314. The zero-order valence-electron chi connectivity index (χ0n) is 12.2. The quantitative estimate of drug-likeness (QED) is 0.841. The summed E-state index contributed by atoms with van der Waals surface area (Å²) in [7, 11) is 0. The number of ether oxygens (including phenoxy) is 1. The highest BCUT2D eigenvalue weighted by Crippen LogP contribution is 2.42. The molecule has 0 spiro atoms. The lowest BCUT2D eigenvalue weighted by Gasteiger charge is -2.40. The van der Waals surface area contributed by atoms with Gasteiger partial charge < -0.3 is 10.1 Å². The summed E-state index contributed by atoms with van der Waals surface area (Å²) in [4.78, 5) is 0. The number of rotatable bonds is 3. The van der Waals surface area contributed by atoms with Crippen molar-refractivity contribution in [1.82, 2.24) is 5.32 Å². The highest BCUT2D eigenvalue weighted by Gasteiger charge is 2.42. The van der Waals surface area contributed by atoms with Crippen molar-refractivity contribution in [2.45, 2.75) is 82.4 Å². The van der Waals surface area contributed by atoms with Gasteiger partial charge >= 0.3 is 0 Å². The molecule has 1 aliphatic heterocycles. The zero-order valence-corrected chi connectivity index (χ0v) is 12.2. The third-order valence-corrected chi connectivity index (χ3v) is 6.21. The molecule has 19 heavy (non-hydrogen) atoms. The summed E-state index contributed by atoms with van der Waals surface area (Å²) in [6.07, 6.45) is 15.0. The van der Waals surface area contributed by atoms with Crippen LogP contribution in [0.1, 0.15) is 64.2 Å². The molecule has 108 valence electrons. The number of nitrogens with one attached hydrogen (secondary N) is 1. The van der Waals surface area contributed by atoms with E-state index in [0.29, 0.717) is 12.1 Å². The molecule has 0 aromatic heterocycles. The van der Waals surface area contributed by atoms with E-state index in [-0.39, 0.29) is 0 Å². The summed E-state index contributed by atoms with van der Waals surface area (Å²) in [6.45, 7) is 0.998. The van der Waals surface area contributed by atoms with Crippen LogP contribution in [0.3, 0.4) is 0 Å². The highest BCUT2D eigenvalue weighted by molar-refractivity contribution is 4.96. The Morgan fingerprint density at radius 3 is 2.37 bits per heavy atom. The van der Waals surface area contributed by atoms with Gasteiger partial charge in [0.25, 0.3) is 0 Å². The first kappa shape index (κ1) is 12.6. The first-order chi connectivity index (χ1) is 9.40. The molecule has 2 nitrogen and oxygen atoms in total. The molecular weight excluding hydrogens is 234 g/mol. The van der Waals surface area contributed by atoms with Crippen LogP contribution in [0.25, 0.3) is 0 Å². The zero-order chi connectivity index (χ0) is 12.7. The van der Waals surface area contributed by atoms with Crippen LogP contribution in [0.4, 0.5) is 0 Å². The predicted molar refractivity (Wildman–Crippen MR) is 77.1 cm³/mol. The van der Waals surface area contributed by atoms with Crippen molar-refractivity contribution < 1.29 is 4.74 Å². The summed E-state index contributed by atoms with van der Waals surface area (Å²) in [5.74, 6) is 3.01. The molecule has 0 aromatic rings. The highest BCUT2D eigenvalue weighted by atomic mass is 16.5. The van der Waals surface area contributed by atoms with E-state index in [4.69, 9.17) is 4.74 Å². The van der Waals surface area contributed by atoms with Gasteiger partial charge in [-0.1, -0.05) is 25.7 Å². The van der Waals surface area contributed by atoms with Crippen LogP contribution in [0, 0.1) is 17.8 Å².